The van der Waals surface area contributed by atoms with Gasteiger partial charge in [0.2, 0.25) is 23.6 Å². The molecule has 0 aromatic rings. The second-order valence-electron chi connectivity index (χ2n) is 9.01. The number of likely N-dealkylation sites (tertiary alicyclic amines) is 1. The average molecular weight is 499 g/mol. The van der Waals surface area contributed by atoms with Gasteiger partial charge in [0.1, 0.15) is 18.1 Å². The zero-order valence-electron chi connectivity index (χ0n) is 20.2. The monoisotopic (exact) mass is 498 g/mol. The zero-order valence-corrected chi connectivity index (χ0v) is 20.2. The number of nitrogens with one attached hydrogen (secondary N) is 2. The van der Waals surface area contributed by atoms with Crippen LogP contribution in [0.3, 0.4) is 0 Å². The summed E-state index contributed by atoms with van der Waals surface area (Å²) in [5.74, 6) is -3.97. The third-order valence-electron chi connectivity index (χ3n) is 5.48. The summed E-state index contributed by atoms with van der Waals surface area (Å²) in [7, 11) is 0. The molecule has 4 unspecified atom stereocenters. The highest BCUT2D eigenvalue weighted by molar-refractivity contribution is 5.95. The maximum absolute atomic E-state index is 13.3. The maximum atomic E-state index is 13.3. The van der Waals surface area contributed by atoms with Gasteiger partial charge in [-0.15, -0.1) is 0 Å². The Bertz CT molecular complexity index is 814. The number of amides is 4. The Morgan fingerprint density at radius 2 is 1.74 bits per heavy atom. The van der Waals surface area contributed by atoms with E-state index in [2.05, 4.69) is 15.6 Å². The highest BCUT2D eigenvalue weighted by Gasteiger charge is 2.39. The summed E-state index contributed by atoms with van der Waals surface area (Å²) in [6, 6.07) is -4.23. The largest absolute Gasteiger partial charge is 0.480 e. The molecule has 1 aliphatic rings. The molecule has 0 aliphatic carbocycles. The number of aliphatic carboxylic acids is 1. The Labute approximate surface area is 204 Å². The predicted octanol–water partition coefficient (Wildman–Crippen LogP) is -2.67. The molecular weight excluding hydrogens is 460 g/mol. The molecule has 1 aliphatic heterocycles. The molecule has 198 valence electrons. The molecule has 1 fully saturated rings. The van der Waals surface area contributed by atoms with Gasteiger partial charge >= 0.3 is 5.97 Å². The molecule has 4 atom stereocenters. The minimum Gasteiger partial charge on any atom is -0.480 e. The van der Waals surface area contributed by atoms with Crippen LogP contribution in [0.4, 0.5) is 0 Å². The van der Waals surface area contributed by atoms with Crippen LogP contribution in [-0.4, -0.2) is 82.8 Å². The standard InChI is InChI=1S/C21H38N8O6/c1-11(2)9-13(27-17(31)12(22)5-3-7-26-21(24)25)19(33)29-8-4-6-15(29)18(32)28-14(20(34)35)10-16(23)30/h11-15H,3-10,22H2,1-2H3,(H2,23,30)(H,27,31)(H,28,32)(H,34,35)(H4,24,25,26). The lowest BCUT2D eigenvalue weighted by Crippen LogP contribution is -2.57. The van der Waals surface area contributed by atoms with E-state index in [-0.39, 0.29) is 18.4 Å². The average Bonchev–Trinajstić information content (AvgIpc) is 3.24. The third-order valence-corrected chi connectivity index (χ3v) is 5.48. The van der Waals surface area contributed by atoms with Crippen LogP contribution in [0.2, 0.25) is 0 Å². The minimum absolute atomic E-state index is 0.0455. The second kappa shape index (κ2) is 14.1. The molecule has 1 heterocycles. The van der Waals surface area contributed by atoms with Crippen molar-refractivity contribution in [2.45, 2.75) is 76.5 Å². The molecule has 11 N–H and O–H groups in total. The molecule has 4 amide bonds. The predicted molar refractivity (Wildman–Crippen MR) is 127 cm³/mol. The van der Waals surface area contributed by atoms with Crippen LogP contribution in [-0.2, 0) is 24.0 Å². The first-order chi connectivity index (χ1) is 16.3. The number of nitrogens with two attached hydrogens (primary N) is 4. The van der Waals surface area contributed by atoms with Gasteiger partial charge in [-0.3, -0.25) is 24.2 Å². The summed E-state index contributed by atoms with van der Waals surface area (Å²) in [6.45, 7) is 4.35. The van der Waals surface area contributed by atoms with Gasteiger partial charge in [0, 0.05) is 13.1 Å². The number of primary amides is 1. The van der Waals surface area contributed by atoms with Crippen molar-refractivity contribution < 1.29 is 29.1 Å². The SMILES string of the molecule is CC(C)CC(NC(=O)C(N)CCCN=C(N)N)C(=O)N1CCCC1C(=O)NC(CC(N)=O)C(=O)O. The summed E-state index contributed by atoms with van der Waals surface area (Å²) in [6.07, 6.45) is 1.34. The fourth-order valence-corrected chi connectivity index (χ4v) is 3.79. The zero-order chi connectivity index (χ0) is 26.7. The summed E-state index contributed by atoms with van der Waals surface area (Å²) in [5.41, 5.74) is 21.6. The van der Waals surface area contributed by atoms with E-state index in [1.165, 1.54) is 4.90 Å². The fourth-order valence-electron chi connectivity index (χ4n) is 3.79. The minimum atomic E-state index is -1.50. The van der Waals surface area contributed by atoms with E-state index in [1.807, 2.05) is 13.8 Å². The highest BCUT2D eigenvalue weighted by Crippen LogP contribution is 2.21. The number of nitrogens with zero attached hydrogens (tertiary/aromatic N) is 2. The Morgan fingerprint density at radius 1 is 1.09 bits per heavy atom. The van der Waals surface area contributed by atoms with E-state index < -0.39 is 60.2 Å². The number of hydrogen-bond acceptors (Lipinski definition) is 7. The van der Waals surface area contributed by atoms with Crippen LogP contribution in [0.1, 0.15) is 52.4 Å². The van der Waals surface area contributed by atoms with Gasteiger partial charge in [-0.25, -0.2) is 4.79 Å². The van der Waals surface area contributed by atoms with Gasteiger partial charge in [-0.1, -0.05) is 13.8 Å². The van der Waals surface area contributed by atoms with Crippen molar-refractivity contribution in [2.24, 2.45) is 33.8 Å². The Kier molecular flexibility index (Phi) is 11.9. The molecule has 0 bridgehead atoms. The van der Waals surface area contributed by atoms with Crippen LogP contribution in [0.5, 0.6) is 0 Å². The van der Waals surface area contributed by atoms with Crippen molar-refractivity contribution in [3.8, 4) is 0 Å². The van der Waals surface area contributed by atoms with Gasteiger partial charge in [-0.05, 0) is 38.0 Å². The van der Waals surface area contributed by atoms with Crippen LogP contribution in [0.15, 0.2) is 4.99 Å². The Morgan fingerprint density at radius 3 is 2.29 bits per heavy atom. The van der Waals surface area contributed by atoms with Gasteiger partial charge in [0.25, 0.3) is 0 Å². The van der Waals surface area contributed by atoms with Crippen LogP contribution >= 0.6 is 0 Å². The first-order valence-corrected chi connectivity index (χ1v) is 11.6. The second-order valence-corrected chi connectivity index (χ2v) is 9.01. The number of carbonyl (C=O) groups excluding carboxylic acids is 4. The van der Waals surface area contributed by atoms with Gasteiger partial charge < -0.3 is 43.6 Å². The number of carbonyl (C=O) groups is 5. The van der Waals surface area contributed by atoms with Crippen LogP contribution in [0.25, 0.3) is 0 Å². The molecule has 1 saturated heterocycles. The van der Waals surface area contributed by atoms with E-state index in [9.17, 15) is 29.1 Å². The normalized spacial score (nSPS) is 17.8. The number of guanidine groups is 1. The Hall–Kier alpha value is -3.42. The van der Waals surface area contributed by atoms with Crippen molar-refractivity contribution >= 4 is 35.6 Å². The van der Waals surface area contributed by atoms with E-state index in [4.69, 9.17) is 22.9 Å². The van der Waals surface area contributed by atoms with E-state index in [0.717, 1.165) is 0 Å². The lowest BCUT2D eigenvalue weighted by atomic mass is 10.0. The maximum Gasteiger partial charge on any atom is 0.326 e. The van der Waals surface area contributed by atoms with Crippen molar-refractivity contribution in [1.29, 1.82) is 0 Å². The molecule has 0 aromatic carbocycles. The fraction of sp³-hybridized carbons (Fsp3) is 0.714. The number of hydrogen-bond donors (Lipinski definition) is 7. The first-order valence-electron chi connectivity index (χ1n) is 11.6. The van der Waals surface area contributed by atoms with Crippen molar-refractivity contribution in [1.82, 2.24) is 15.5 Å². The smallest absolute Gasteiger partial charge is 0.326 e. The summed E-state index contributed by atoms with van der Waals surface area (Å²) in [4.78, 5) is 66.4. The summed E-state index contributed by atoms with van der Waals surface area (Å²) < 4.78 is 0. The summed E-state index contributed by atoms with van der Waals surface area (Å²) in [5, 5.41) is 14.2. The molecular formula is C21H38N8O6. The van der Waals surface area contributed by atoms with Crippen molar-refractivity contribution in [2.75, 3.05) is 13.1 Å². The molecule has 0 aromatic heterocycles. The van der Waals surface area contributed by atoms with Crippen molar-refractivity contribution in [3.63, 3.8) is 0 Å². The third kappa shape index (κ3) is 10.2. The quantitative estimate of drug-likeness (QED) is 0.0748. The number of carboxylic acids is 1. The van der Waals surface area contributed by atoms with Crippen LogP contribution < -0.4 is 33.6 Å². The van der Waals surface area contributed by atoms with E-state index >= 15 is 0 Å². The lowest BCUT2D eigenvalue weighted by molar-refractivity contribution is -0.146. The van der Waals surface area contributed by atoms with E-state index in [1.54, 1.807) is 0 Å². The number of aliphatic imine (C=N–C) groups is 1. The molecule has 0 radical (unpaired) electrons. The van der Waals surface area contributed by atoms with Crippen molar-refractivity contribution in [3.05, 3.63) is 0 Å². The molecule has 14 nitrogen and oxygen atoms in total. The molecule has 0 spiro atoms. The molecule has 0 saturated carbocycles. The molecule has 35 heavy (non-hydrogen) atoms. The number of carboxylic acid groups (broad SMARTS) is 1. The highest BCUT2D eigenvalue weighted by atomic mass is 16.4. The lowest BCUT2D eigenvalue weighted by Gasteiger charge is -2.30. The van der Waals surface area contributed by atoms with Gasteiger partial charge in [0.05, 0.1) is 12.5 Å². The number of rotatable bonds is 14. The van der Waals surface area contributed by atoms with E-state index in [0.29, 0.717) is 38.6 Å². The molecule has 1 rings (SSSR count). The Balaban J connectivity index is 2.88. The topological polar surface area (TPSA) is 249 Å². The van der Waals surface area contributed by atoms with Crippen LogP contribution in [0, 0.1) is 5.92 Å². The van der Waals surface area contributed by atoms with Gasteiger partial charge in [0.15, 0.2) is 5.96 Å². The molecule has 14 heteroatoms. The summed E-state index contributed by atoms with van der Waals surface area (Å²) >= 11 is 0. The first kappa shape index (κ1) is 29.6. The van der Waals surface area contributed by atoms with Gasteiger partial charge in [-0.2, -0.15) is 0 Å².